The number of carbonyl (C=O) groups is 1. The lowest BCUT2D eigenvalue weighted by atomic mass is 9.86. The number of carbonyl (C=O) groups excluding carboxylic acids is 1. The minimum atomic E-state index is -0.961. The minimum Gasteiger partial charge on any atom is -0.507 e. The van der Waals surface area contributed by atoms with Crippen LogP contribution in [-0.2, 0) is 11.2 Å². The number of aliphatic hydroxyl groups excluding tert-OH is 1. The van der Waals surface area contributed by atoms with Crippen molar-refractivity contribution in [3.8, 4) is 11.5 Å². The van der Waals surface area contributed by atoms with E-state index in [0.717, 1.165) is 22.3 Å². The molecule has 0 aromatic heterocycles. The van der Waals surface area contributed by atoms with E-state index in [1.165, 1.54) is 0 Å². The van der Waals surface area contributed by atoms with Gasteiger partial charge >= 0.3 is 0 Å². The van der Waals surface area contributed by atoms with Crippen LogP contribution in [0.15, 0.2) is 0 Å². The fourth-order valence-electron chi connectivity index (χ4n) is 2.83. The Morgan fingerprint density at radius 3 is 2.55 bits per heavy atom. The molecule has 1 amide bonds. The van der Waals surface area contributed by atoms with Crippen LogP contribution in [0.3, 0.4) is 0 Å². The van der Waals surface area contributed by atoms with Crippen LogP contribution in [-0.4, -0.2) is 34.4 Å². The van der Waals surface area contributed by atoms with Gasteiger partial charge in [-0.15, -0.1) is 0 Å². The van der Waals surface area contributed by atoms with Crippen LogP contribution < -0.4 is 10.1 Å². The summed E-state index contributed by atoms with van der Waals surface area (Å²) in [5.74, 6) is 0.789. The third-order valence-electron chi connectivity index (χ3n) is 4.65. The number of aromatic hydroxyl groups is 1. The Bertz CT molecular complexity index is 611. The van der Waals surface area contributed by atoms with Crippen molar-refractivity contribution in [2.45, 2.75) is 59.1 Å². The Labute approximate surface area is 131 Å². The summed E-state index contributed by atoms with van der Waals surface area (Å²) in [6, 6.07) is -0.307. The molecule has 0 fully saturated rings. The normalized spacial score (nSPS) is 21.7. The van der Waals surface area contributed by atoms with Crippen molar-refractivity contribution in [1.82, 2.24) is 5.32 Å². The predicted octanol–water partition coefficient (Wildman–Crippen LogP) is 1.90. The summed E-state index contributed by atoms with van der Waals surface area (Å²) in [5.41, 5.74) is 2.49. The van der Waals surface area contributed by atoms with Crippen molar-refractivity contribution in [2.75, 3.05) is 6.61 Å². The maximum absolute atomic E-state index is 12.5. The zero-order chi connectivity index (χ0) is 16.7. The third-order valence-corrected chi connectivity index (χ3v) is 4.65. The third kappa shape index (κ3) is 2.65. The lowest BCUT2D eigenvalue weighted by molar-refractivity contribution is -0.137. The van der Waals surface area contributed by atoms with Crippen molar-refractivity contribution >= 4 is 5.91 Å². The van der Waals surface area contributed by atoms with Crippen molar-refractivity contribution in [1.29, 1.82) is 0 Å². The molecule has 0 spiro atoms. The van der Waals surface area contributed by atoms with E-state index in [0.29, 0.717) is 24.3 Å². The Hall–Kier alpha value is -1.75. The number of fused-ring (bicyclic) bond motifs is 1. The maximum Gasteiger partial charge on any atom is 0.264 e. The van der Waals surface area contributed by atoms with Crippen molar-refractivity contribution in [3.05, 3.63) is 22.3 Å². The molecule has 5 heteroatoms. The van der Waals surface area contributed by atoms with Crippen LogP contribution in [0.1, 0.15) is 42.5 Å². The number of amides is 1. The monoisotopic (exact) mass is 307 g/mol. The summed E-state index contributed by atoms with van der Waals surface area (Å²) >= 11 is 0. The molecular formula is C17H25NO4. The molecule has 0 saturated carbocycles. The Kier molecular flexibility index (Phi) is 4.38. The zero-order valence-electron chi connectivity index (χ0n) is 13.9. The highest BCUT2D eigenvalue weighted by Crippen LogP contribution is 2.43. The van der Waals surface area contributed by atoms with Gasteiger partial charge in [-0.2, -0.15) is 0 Å². The molecule has 0 aliphatic carbocycles. The first-order valence-corrected chi connectivity index (χ1v) is 7.63. The molecule has 1 aliphatic rings. The van der Waals surface area contributed by atoms with E-state index < -0.39 is 5.60 Å². The summed E-state index contributed by atoms with van der Waals surface area (Å²) in [7, 11) is 0. The van der Waals surface area contributed by atoms with E-state index in [1.54, 1.807) is 13.8 Å². The molecule has 1 aliphatic heterocycles. The van der Waals surface area contributed by atoms with Gasteiger partial charge in [0.05, 0.1) is 6.61 Å². The quantitative estimate of drug-likeness (QED) is 0.797. The van der Waals surface area contributed by atoms with E-state index in [4.69, 9.17) is 9.84 Å². The molecule has 0 saturated heterocycles. The minimum absolute atomic E-state index is 0.108. The topological polar surface area (TPSA) is 78.8 Å². The molecule has 122 valence electrons. The summed E-state index contributed by atoms with van der Waals surface area (Å²) < 4.78 is 6.07. The van der Waals surface area contributed by atoms with Gasteiger partial charge in [0, 0.05) is 18.0 Å². The molecule has 1 heterocycles. The number of aliphatic hydroxyl groups is 1. The number of benzene rings is 1. The fraction of sp³-hybridized carbons (Fsp3) is 0.588. The maximum atomic E-state index is 12.5. The molecule has 3 N–H and O–H groups in total. The van der Waals surface area contributed by atoms with Gasteiger partial charge in [-0.05, 0) is 57.7 Å². The van der Waals surface area contributed by atoms with Crippen LogP contribution >= 0.6 is 0 Å². The van der Waals surface area contributed by atoms with E-state index in [9.17, 15) is 9.90 Å². The zero-order valence-corrected chi connectivity index (χ0v) is 13.9. The second-order valence-corrected chi connectivity index (χ2v) is 6.42. The van der Waals surface area contributed by atoms with Crippen LogP contribution in [0, 0.1) is 20.8 Å². The molecule has 2 rings (SSSR count). The highest BCUT2D eigenvalue weighted by molar-refractivity contribution is 5.86. The standard InChI is InChI=1S/C17H25NO4/c1-9(8-19)18-16(21)17(5)7-6-13-12(4)14(20)10(2)11(3)15(13)22-17/h9,19-20H,6-8H2,1-5H3,(H,18,21). The van der Waals surface area contributed by atoms with E-state index in [2.05, 4.69) is 5.32 Å². The molecular weight excluding hydrogens is 282 g/mol. The lowest BCUT2D eigenvalue weighted by Gasteiger charge is -2.37. The second kappa shape index (κ2) is 5.80. The molecule has 22 heavy (non-hydrogen) atoms. The SMILES string of the molecule is Cc1c(C)c2c(c(C)c1O)CCC(C)(C(=O)NC(C)CO)O2. The first-order valence-electron chi connectivity index (χ1n) is 7.63. The molecule has 0 radical (unpaired) electrons. The van der Waals surface area contributed by atoms with Gasteiger partial charge < -0.3 is 20.3 Å². The van der Waals surface area contributed by atoms with Crippen LogP contribution in [0.4, 0.5) is 0 Å². The average molecular weight is 307 g/mol. The highest BCUT2D eigenvalue weighted by Gasteiger charge is 2.41. The second-order valence-electron chi connectivity index (χ2n) is 6.42. The molecule has 2 atom stereocenters. The Balaban J connectivity index is 2.37. The van der Waals surface area contributed by atoms with Crippen LogP contribution in [0.2, 0.25) is 0 Å². The Morgan fingerprint density at radius 1 is 1.32 bits per heavy atom. The number of hydrogen-bond acceptors (Lipinski definition) is 4. The van der Waals surface area contributed by atoms with Crippen molar-refractivity contribution in [3.63, 3.8) is 0 Å². The fourth-order valence-corrected chi connectivity index (χ4v) is 2.83. The van der Waals surface area contributed by atoms with E-state index in [-0.39, 0.29) is 18.6 Å². The number of hydrogen-bond donors (Lipinski definition) is 3. The first kappa shape index (κ1) is 16.6. The molecule has 0 bridgehead atoms. The number of ether oxygens (including phenoxy) is 1. The summed E-state index contributed by atoms with van der Waals surface area (Å²) in [6.07, 6.45) is 1.21. The first-order chi connectivity index (χ1) is 10.2. The Morgan fingerprint density at radius 2 is 1.95 bits per heavy atom. The molecule has 1 aromatic carbocycles. The van der Waals surface area contributed by atoms with Gasteiger partial charge in [0.1, 0.15) is 11.5 Å². The smallest absolute Gasteiger partial charge is 0.264 e. The van der Waals surface area contributed by atoms with Gasteiger partial charge in [-0.1, -0.05) is 0 Å². The van der Waals surface area contributed by atoms with Crippen LogP contribution in [0.25, 0.3) is 0 Å². The highest BCUT2D eigenvalue weighted by atomic mass is 16.5. The summed E-state index contributed by atoms with van der Waals surface area (Å²) in [5, 5.41) is 22.0. The largest absolute Gasteiger partial charge is 0.507 e. The van der Waals surface area contributed by atoms with Crippen LogP contribution in [0.5, 0.6) is 11.5 Å². The number of phenolic OH excluding ortho intramolecular Hbond substituents is 1. The van der Waals surface area contributed by atoms with E-state index in [1.807, 2.05) is 20.8 Å². The van der Waals surface area contributed by atoms with Gasteiger partial charge in [0.15, 0.2) is 5.60 Å². The number of rotatable bonds is 3. The van der Waals surface area contributed by atoms with Gasteiger partial charge in [-0.3, -0.25) is 4.79 Å². The summed E-state index contributed by atoms with van der Waals surface area (Å²) in [4.78, 5) is 12.5. The molecule has 2 unspecified atom stereocenters. The van der Waals surface area contributed by atoms with Crippen molar-refractivity contribution < 1.29 is 19.7 Å². The van der Waals surface area contributed by atoms with Gasteiger partial charge in [-0.25, -0.2) is 0 Å². The number of phenols is 1. The average Bonchev–Trinajstić information content (AvgIpc) is 2.50. The number of nitrogens with one attached hydrogen (secondary N) is 1. The van der Waals surface area contributed by atoms with Gasteiger partial charge in [0.2, 0.25) is 0 Å². The van der Waals surface area contributed by atoms with Gasteiger partial charge in [0.25, 0.3) is 5.91 Å². The van der Waals surface area contributed by atoms with Crippen molar-refractivity contribution in [2.24, 2.45) is 0 Å². The lowest BCUT2D eigenvalue weighted by Crippen LogP contribution is -2.53. The van der Waals surface area contributed by atoms with E-state index >= 15 is 0 Å². The molecule has 5 nitrogen and oxygen atoms in total. The predicted molar refractivity (Wildman–Crippen MR) is 84.4 cm³/mol. The summed E-state index contributed by atoms with van der Waals surface area (Å²) in [6.45, 7) is 9.03. The molecule has 1 aromatic rings.